The summed E-state index contributed by atoms with van der Waals surface area (Å²) >= 11 is 2.61. The standard InChI is InChI=1S/C30H32N4O4S2/c1-4-34-27(21-13-15-23(16-14-21)38-22-7-5-6-8-22)32-33-30(34)40-18-25(35)31-28-26(29(36)37-3)24(17-39-28)20-11-9-19(2)10-12-20/h9-17,22H,4-8,18H2,1-3H3,(H,31,35). The maximum atomic E-state index is 12.9. The topological polar surface area (TPSA) is 95.3 Å². The minimum atomic E-state index is -0.491. The van der Waals surface area contributed by atoms with Gasteiger partial charge in [0.25, 0.3) is 0 Å². The van der Waals surface area contributed by atoms with Crippen molar-refractivity contribution in [1.29, 1.82) is 0 Å². The highest BCUT2D eigenvalue weighted by Gasteiger charge is 2.23. The molecule has 0 aliphatic heterocycles. The molecule has 1 fully saturated rings. The first-order chi connectivity index (χ1) is 19.5. The Morgan fingerprint density at radius 3 is 2.42 bits per heavy atom. The molecule has 2 heterocycles. The number of aromatic nitrogens is 3. The molecule has 5 rings (SSSR count). The van der Waals surface area contributed by atoms with E-state index in [-0.39, 0.29) is 11.7 Å². The van der Waals surface area contributed by atoms with Crippen molar-refractivity contribution in [2.75, 3.05) is 18.2 Å². The number of nitrogens with one attached hydrogen (secondary N) is 1. The number of aryl methyl sites for hydroxylation is 1. The third-order valence-electron chi connectivity index (χ3n) is 6.88. The Morgan fingerprint density at radius 2 is 1.75 bits per heavy atom. The molecule has 1 N–H and O–H groups in total. The number of methoxy groups -OCH3 is 1. The number of amides is 1. The van der Waals surface area contributed by atoms with Crippen LogP contribution < -0.4 is 10.1 Å². The number of thiophene rings is 1. The summed E-state index contributed by atoms with van der Waals surface area (Å²) in [5.41, 5.74) is 4.04. The van der Waals surface area contributed by atoms with Crippen molar-refractivity contribution in [3.05, 3.63) is 65.0 Å². The monoisotopic (exact) mass is 576 g/mol. The van der Waals surface area contributed by atoms with Gasteiger partial charge in [-0.25, -0.2) is 4.79 Å². The highest BCUT2D eigenvalue weighted by molar-refractivity contribution is 7.99. The van der Waals surface area contributed by atoms with Gasteiger partial charge in [-0.3, -0.25) is 4.79 Å². The van der Waals surface area contributed by atoms with E-state index in [0.717, 1.165) is 46.7 Å². The Labute approximate surface area is 242 Å². The van der Waals surface area contributed by atoms with Crippen molar-refractivity contribution in [1.82, 2.24) is 14.8 Å². The lowest BCUT2D eigenvalue weighted by Gasteiger charge is -2.13. The quantitative estimate of drug-likeness (QED) is 0.163. The van der Waals surface area contributed by atoms with Crippen LogP contribution in [0.15, 0.2) is 59.1 Å². The van der Waals surface area contributed by atoms with Crippen LogP contribution in [0.5, 0.6) is 5.75 Å². The molecule has 1 aliphatic carbocycles. The Bertz CT molecular complexity index is 1470. The third-order valence-corrected chi connectivity index (χ3v) is 8.74. The second-order valence-electron chi connectivity index (χ2n) is 9.65. The lowest BCUT2D eigenvalue weighted by Crippen LogP contribution is -2.16. The lowest BCUT2D eigenvalue weighted by molar-refractivity contribution is -0.113. The van der Waals surface area contributed by atoms with E-state index in [9.17, 15) is 9.59 Å². The first-order valence-electron chi connectivity index (χ1n) is 13.4. The van der Waals surface area contributed by atoms with E-state index in [0.29, 0.717) is 28.4 Å². The van der Waals surface area contributed by atoms with Crippen LogP contribution in [-0.4, -0.2) is 45.6 Å². The molecule has 2 aromatic carbocycles. The summed E-state index contributed by atoms with van der Waals surface area (Å²) < 4.78 is 13.1. The van der Waals surface area contributed by atoms with Crippen LogP contribution in [-0.2, 0) is 16.1 Å². The fraction of sp³-hybridized carbons (Fsp3) is 0.333. The van der Waals surface area contributed by atoms with E-state index < -0.39 is 5.97 Å². The molecule has 0 atom stereocenters. The van der Waals surface area contributed by atoms with Crippen LogP contribution in [0.2, 0.25) is 0 Å². The Balaban J connectivity index is 1.26. The van der Waals surface area contributed by atoms with Crippen molar-refractivity contribution in [2.24, 2.45) is 0 Å². The zero-order valence-corrected chi connectivity index (χ0v) is 24.4. The predicted octanol–water partition coefficient (Wildman–Crippen LogP) is 6.84. The van der Waals surface area contributed by atoms with E-state index in [1.54, 1.807) is 0 Å². The third kappa shape index (κ3) is 6.23. The smallest absolute Gasteiger partial charge is 0.341 e. The molecule has 0 unspecified atom stereocenters. The van der Waals surface area contributed by atoms with E-state index in [1.165, 1.54) is 43.1 Å². The minimum Gasteiger partial charge on any atom is -0.490 e. The Hall–Kier alpha value is -3.63. The summed E-state index contributed by atoms with van der Waals surface area (Å²) in [4.78, 5) is 25.6. The number of hydrogen-bond acceptors (Lipinski definition) is 8. The van der Waals surface area contributed by atoms with E-state index in [1.807, 2.05) is 72.3 Å². The van der Waals surface area contributed by atoms with Gasteiger partial charge in [0, 0.05) is 23.1 Å². The maximum Gasteiger partial charge on any atom is 0.341 e. The number of rotatable bonds is 10. The number of thioether (sulfide) groups is 1. The van der Waals surface area contributed by atoms with Crippen molar-refractivity contribution in [3.63, 3.8) is 0 Å². The Morgan fingerprint density at radius 1 is 1.05 bits per heavy atom. The molecule has 1 saturated carbocycles. The molecule has 10 heteroatoms. The zero-order valence-electron chi connectivity index (χ0n) is 22.8. The number of benzene rings is 2. The molecule has 0 spiro atoms. The van der Waals surface area contributed by atoms with Gasteiger partial charge in [0.1, 0.15) is 16.3 Å². The molecule has 0 saturated heterocycles. The van der Waals surface area contributed by atoms with Crippen molar-refractivity contribution in [2.45, 2.75) is 57.3 Å². The fourth-order valence-corrected chi connectivity index (χ4v) is 6.54. The van der Waals surface area contributed by atoms with Gasteiger partial charge in [0.05, 0.1) is 19.0 Å². The summed E-state index contributed by atoms with van der Waals surface area (Å²) in [6.07, 6.45) is 5.00. The first-order valence-corrected chi connectivity index (χ1v) is 15.2. The zero-order chi connectivity index (χ0) is 28.1. The maximum absolute atomic E-state index is 12.9. The lowest BCUT2D eigenvalue weighted by atomic mass is 10.0. The van der Waals surface area contributed by atoms with Crippen molar-refractivity contribution in [3.8, 4) is 28.3 Å². The first kappa shape index (κ1) is 27.9. The average molecular weight is 577 g/mol. The number of hydrogen-bond donors (Lipinski definition) is 1. The number of carbonyl (C=O) groups excluding carboxylic acids is 2. The van der Waals surface area contributed by atoms with Gasteiger partial charge in [0.2, 0.25) is 5.91 Å². The normalized spacial score (nSPS) is 13.4. The molecule has 208 valence electrons. The number of anilines is 1. The molecular weight excluding hydrogens is 544 g/mol. The molecule has 8 nitrogen and oxygen atoms in total. The SMILES string of the molecule is CCn1c(SCC(=O)Nc2scc(-c3ccc(C)cc3)c2C(=O)OC)nnc1-c1ccc(OC2CCCC2)cc1. The molecular formula is C30H32N4O4S2. The largest absolute Gasteiger partial charge is 0.490 e. The summed E-state index contributed by atoms with van der Waals surface area (Å²) in [5.74, 6) is 0.995. The average Bonchev–Trinajstić information content (AvgIpc) is 3.73. The molecule has 1 aliphatic rings. The second-order valence-corrected chi connectivity index (χ2v) is 11.5. The molecule has 4 aromatic rings. The Kier molecular flexibility index (Phi) is 8.86. The minimum absolute atomic E-state index is 0.116. The highest BCUT2D eigenvalue weighted by Crippen LogP contribution is 2.36. The predicted molar refractivity (Wildman–Crippen MR) is 159 cm³/mol. The van der Waals surface area contributed by atoms with Crippen LogP contribution in [0.25, 0.3) is 22.5 Å². The van der Waals surface area contributed by atoms with Gasteiger partial charge in [-0.2, -0.15) is 0 Å². The summed E-state index contributed by atoms with van der Waals surface area (Å²) in [7, 11) is 1.34. The van der Waals surface area contributed by atoms with E-state index >= 15 is 0 Å². The summed E-state index contributed by atoms with van der Waals surface area (Å²) in [5, 5.41) is 14.6. The van der Waals surface area contributed by atoms with Gasteiger partial charge in [-0.15, -0.1) is 21.5 Å². The summed E-state index contributed by atoms with van der Waals surface area (Å²) in [6, 6.07) is 15.8. The molecule has 0 bridgehead atoms. The van der Waals surface area contributed by atoms with Gasteiger partial charge >= 0.3 is 5.97 Å². The number of carbonyl (C=O) groups is 2. The van der Waals surface area contributed by atoms with Crippen LogP contribution in [0.1, 0.15) is 48.5 Å². The molecule has 40 heavy (non-hydrogen) atoms. The number of nitrogens with zero attached hydrogens (tertiary/aromatic N) is 3. The highest BCUT2D eigenvalue weighted by atomic mass is 32.2. The molecule has 1 amide bonds. The van der Waals surface area contributed by atoms with E-state index in [2.05, 4.69) is 15.5 Å². The van der Waals surface area contributed by atoms with Crippen molar-refractivity contribution >= 4 is 40.0 Å². The second kappa shape index (κ2) is 12.7. The van der Waals surface area contributed by atoms with Gasteiger partial charge in [-0.1, -0.05) is 41.6 Å². The molecule has 0 radical (unpaired) electrons. The van der Waals surface area contributed by atoms with Gasteiger partial charge in [0.15, 0.2) is 11.0 Å². The van der Waals surface area contributed by atoms with Crippen molar-refractivity contribution < 1.29 is 19.1 Å². The van der Waals surface area contributed by atoms with Gasteiger partial charge < -0.3 is 19.4 Å². The van der Waals surface area contributed by atoms with Crippen LogP contribution in [0.3, 0.4) is 0 Å². The van der Waals surface area contributed by atoms with Crippen LogP contribution in [0.4, 0.5) is 5.00 Å². The molecule has 2 aromatic heterocycles. The van der Waals surface area contributed by atoms with Crippen LogP contribution in [0, 0.1) is 6.92 Å². The fourth-order valence-electron chi connectivity index (χ4n) is 4.77. The number of ether oxygens (including phenoxy) is 2. The van der Waals surface area contributed by atoms with Crippen LogP contribution >= 0.6 is 23.1 Å². The van der Waals surface area contributed by atoms with Gasteiger partial charge in [-0.05, 0) is 69.4 Å². The van der Waals surface area contributed by atoms with E-state index in [4.69, 9.17) is 9.47 Å². The summed E-state index contributed by atoms with van der Waals surface area (Å²) in [6.45, 7) is 4.69. The number of esters is 1.